The number of morpholine rings is 1. The average Bonchev–Trinajstić information content (AvgIpc) is 2.94. The molecule has 20 heavy (non-hydrogen) atoms. The predicted octanol–water partition coefficient (Wildman–Crippen LogP) is -0.512. The Morgan fingerprint density at radius 2 is 1.95 bits per heavy atom. The molecule has 0 amide bonds. The number of hydrazine groups is 1. The number of nitrogens with one attached hydrogen (secondary N) is 1. The van der Waals surface area contributed by atoms with Crippen LogP contribution in [0.1, 0.15) is 5.69 Å². The van der Waals surface area contributed by atoms with Crippen LogP contribution in [0.2, 0.25) is 0 Å². The van der Waals surface area contributed by atoms with Gasteiger partial charge in [0.25, 0.3) is 5.95 Å². The van der Waals surface area contributed by atoms with E-state index in [-0.39, 0.29) is 0 Å². The van der Waals surface area contributed by atoms with Crippen molar-refractivity contribution >= 4 is 11.9 Å². The highest BCUT2D eigenvalue weighted by Crippen LogP contribution is 2.14. The van der Waals surface area contributed by atoms with Crippen LogP contribution in [-0.4, -0.2) is 51.0 Å². The van der Waals surface area contributed by atoms with E-state index in [0.29, 0.717) is 31.1 Å². The van der Waals surface area contributed by atoms with E-state index in [9.17, 15) is 0 Å². The van der Waals surface area contributed by atoms with Gasteiger partial charge in [-0.25, -0.2) is 10.5 Å². The molecule has 2 aromatic heterocycles. The minimum absolute atomic E-state index is 0.310. The van der Waals surface area contributed by atoms with Crippen LogP contribution in [0.3, 0.4) is 0 Å². The van der Waals surface area contributed by atoms with Crippen LogP contribution in [0.5, 0.6) is 0 Å². The highest BCUT2D eigenvalue weighted by molar-refractivity contribution is 5.39. The highest BCUT2D eigenvalue weighted by Gasteiger charge is 2.17. The lowest BCUT2D eigenvalue weighted by molar-refractivity contribution is 0.122. The number of nitrogens with zero attached hydrogens (tertiary/aromatic N) is 6. The summed E-state index contributed by atoms with van der Waals surface area (Å²) in [6.07, 6.45) is 1.80. The Labute approximate surface area is 115 Å². The van der Waals surface area contributed by atoms with E-state index in [0.717, 1.165) is 18.8 Å². The molecule has 1 saturated heterocycles. The molecular formula is C11H16N8O. The number of aryl methyl sites for hydroxylation is 1. The van der Waals surface area contributed by atoms with Crippen molar-refractivity contribution in [1.82, 2.24) is 24.7 Å². The Morgan fingerprint density at radius 1 is 1.20 bits per heavy atom. The third kappa shape index (κ3) is 2.53. The average molecular weight is 276 g/mol. The molecule has 0 spiro atoms. The van der Waals surface area contributed by atoms with Crippen molar-refractivity contribution in [1.29, 1.82) is 0 Å². The number of nitrogens with two attached hydrogens (primary N) is 1. The second-order valence-corrected chi connectivity index (χ2v) is 4.40. The van der Waals surface area contributed by atoms with Gasteiger partial charge in [-0.1, -0.05) is 0 Å². The Kier molecular flexibility index (Phi) is 3.44. The minimum atomic E-state index is 0.310. The number of ether oxygens (including phenoxy) is 1. The fraction of sp³-hybridized carbons (Fsp3) is 0.455. The molecule has 106 valence electrons. The molecule has 3 rings (SSSR count). The van der Waals surface area contributed by atoms with Gasteiger partial charge >= 0.3 is 0 Å². The van der Waals surface area contributed by atoms with Crippen molar-refractivity contribution in [3.05, 3.63) is 18.0 Å². The Morgan fingerprint density at radius 3 is 2.60 bits per heavy atom. The maximum Gasteiger partial charge on any atom is 0.257 e. The summed E-state index contributed by atoms with van der Waals surface area (Å²) in [6, 6.07) is 1.88. The molecular weight excluding hydrogens is 260 g/mol. The second kappa shape index (κ2) is 5.39. The molecule has 0 saturated carbocycles. The summed E-state index contributed by atoms with van der Waals surface area (Å²) in [5.41, 5.74) is 3.35. The fourth-order valence-corrected chi connectivity index (χ4v) is 1.95. The Bertz CT molecular complexity index is 592. The minimum Gasteiger partial charge on any atom is -0.378 e. The molecule has 0 atom stereocenters. The van der Waals surface area contributed by atoms with Crippen molar-refractivity contribution in [2.45, 2.75) is 6.92 Å². The van der Waals surface area contributed by atoms with Crippen LogP contribution >= 0.6 is 0 Å². The van der Waals surface area contributed by atoms with Gasteiger partial charge in [0.2, 0.25) is 11.9 Å². The number of aromatic nitrogens is 5. The molecule has 2 aromatic rings. The first-order chi connectivity index (χ1) is 9.76. The Hall–Kier alpha value is -2.26. The molecule has 3 heterocycles. The number of anilines is 2. The SMILES string of the molecule is Cc1ccn(-c2nc(NN)nc(N3CCOCC3)n2)n1. The maximum absolute atomic E-state index is 5.42. The van der Waals surface area contributed by atoms with Gasteiger partial charge in [0, 0.05) is 19.3 Å². The molecule has 1 aliphatic rings. The summed E-state index contributed by atoms with van der Waals surface area (Å²) in [4.78, 5) is 15.0. The number of nitrogen functional groups attached to an aromatic ring is 1. The van der Waals surface area contributed by atoms with E-state index >= 15 is 0 Å². The van der Waals surface area contributed by atoms with Crippen molar-refractivity contribution in [2.75, 3.05) is 36.6 Å². The quantitative estimate of drug-likeness (QED) is 0.570. The van der Waals surface area contributed by atoms with Crippen molar-refractivity contribution < 1.29 is 4.74 Å². The first-order valence-corrected chi connectivity index (χ1v) is 6.34. The molecule has 0 aliphatic carbocycles. The van der Waals surface area contributed by atoms with E-state index < -0.39 is 0 Å². The van der Waals surface area contributed by atoms with Gasteiger partial charge in [0.1, 0.15) is 0 Å². The van der Waals surface area contributed by atoms with Crippen LogP contribution in [0.25, 0.3) is 5.95 Å². The van der Waals surface area contributed by atoms with E-state index in [1.807, 2.05) is 17.9 Å². The maximum atomic E-state index is 5.42. The molecule has 1 fully saturated rings. The lowest BCUT2D eigenvalue weighted by Gasteiger charge is -2.26. The number of hydrogen-bond acceptors (Lipinski definition) is 8. The monoisotopic (exact) mass is 276 g/mol. The van der Waals surface area contributed by atoms with Crippen LogP contribution in [-0.2, 0) is 4.74 Å². The fourth-order valence-electron chi connectivity index (χ4n) is 1.95. The topological polar surface area (TPSA) is 107 Å². The van der Waals surface area contributed by atoms with Gasteiger partial charge in [-0.2, -0.15) is 20.1 Å². The van der Waals surface area contributed by atoms with E-state index in [1.165, 1.54) is 0 Å². The molecule has 0 bridgehead atoms. The van der Waals surface area contributed by atoms with Crippen LogP contribution in [0.15, 0.2) is 12.3 Å². The Balaban J connectivity index is 1.97. The molecule has 0 aromatic carbocycles. The van der Waals surface area contributed by atoms with E-state index in [2.05, 4.69) is 25.5 Å². The summed E-state index contributed by atoms with van der Waals surface area (Å²) in [6.45, 7) is 4.71. The van der Waals surface area contributed by atoms with Crippen LogP contribution in [0, 0.1) is 6.92 Å². The largest absolute Gasteiger partial charge is 0.378 e. The van der Waals surface area contributed by atoms with E-state index in [4.69, 9.17) is 10.6 Å². The van der Waals surface area contributed by atoms with Gasteiger partial charge in [-0.3, -0.25) is 5.43 Å². The van der Waals surface area contributed by atoms with Gasteiger partial charge in [0.15, 0.2) is 0 Å². The molecule has 9 nitrogen and oxygen atoms in total. The molecule has 9 heteroatoms. The normalized spacial score (nSPS) is 15.4. The molecule has 0 unspecified atom stereocenters. The predicted molar refractivity (Wildman–Crippen MR) is 72.5 cm³/mol. The standard InChI is InChI=1S/C11H16N8O/c1-8-2-3-19(17-8)11-14-9(16-12)13-10(15-11)18-4-6-20-7-5-18/h2-3H,4-7,12H2,1H3,(H,13,14,15,16). The smallest absolute Gasteiger partial charge is 0.257 e. The van der Waals surface area contributed by atoms with Crippen LogP contribution in [0.4, 0.5) is 11.9 Å². The van der Waals surface area contributed by atoms with Gasteiger partial charge in [0.05, 0.1) is 18.9 Å². The van der Waals surface area contributed by atoms with E-state index in [1.54, 1.807) is 10.9 Å². The first-order valence-electron chi connectivity index (χ1n) is 6.34. The highest BCUT2D eigenvalue weighted by atomic mass is 16.5. The summed E-state index contributed by atoms with van der Waals surface area (Å²) in [7, 11) is 0. The lowest BCUT2D eigenvalue weighted by atomic mass is 10.4. The van der Waals surface area contributed by atoms with Crippen LogP contribution < -0.4 is 16.2 Å². The molecule has 0 radical (unpaired) electrons. The first kappa shape index (κ1) is 12.8. The lowest BCUT2D eigenvalue weighted by Crippen LogP contribution is -2.37. The zero-order valence-corrected chi connectivity index (χ0v) is 11.2. The zero-order chi connectivity index (χ0) is 13.9. The second-order valence-electron chi connectivity index (χ2n) is 4.40. The molecule has 1 aliphatic heterocycles. The number of hydrogen-bond donors (Lipinski definition) is 2. The molecule has 3 N–H and O–H groups in total. The van der Waals surface area contributed by atoms with Gasteiger partial charge < -0.3 is 9.64 Å². The summed E-state index contributed by atoms with van der Waals surface area (Å²) in [5, 5.41) is 4.29. The number of rotatable bonds is 3. The zero-order valence-electron chi connectivity index (χ0n) is 11.2. The summed E-state index contributed by atoms with van der Waals surface area (Å²) in [5.74, 6) is 6.74. The van der Waals surface area contributed by atoms with Gasteiger partial charge in [-0.15, -0.1) is 0 Å². The summed E-state index contributed by atoms with van der Waals surface area (Å²) >= 11 is 0. The van der Waals surface area contributed by atoms with Crippen molar-refractivity contribution in [2.24, 2.45) is 5.84 Å². The third-order valence-electron chi connectivity index (χ3n) is 2.96. The summed E-state index contributed by atoms with van der Waals surface area (Å²) < 4.78 is 6.92. The van der Waals surface area contributed by atoms with Gasteiger partial charge in [-0.05, 0) is 13.0 Å². The van der Waals surface area contributed by atoms with Crippen molar-refractivity contribution in [3.8, 4) is 5.95 Å². The third-order valence-corrected chi connectivity index (χ3v) is 2.96. The van der Waals surface area contributed by atoms with Crippen molar-refractivity contribution in [3.63, 3.8) is 0 Å².